The predicted molar refractivity (Wildman–Crippen MR) is 60.0 cm³/mol. The molecule has 0 bridgehead atoms. The molecular formula is C12H22O4. The predicted octanol–water partition coefficient (Wildman–Crippen LogP) is 1.50. The van der Waals surface area contributed by atoms with Gasteiger partial charge >= 0.3 is 0 Å². The van der Waals surface area contributed by atoms with Crippen LogP contribution in [0.1, 0.15) is 41.0 Å². The second-order valence-electron chi connectivity index (χ2n) is 5.81. The molecule has 1 saturated heterocycles. The third-order valence-electron chi connectivity index (χ3n) is 2.69. The van der Waals surface area contributed by atoms with E-state index in [0.29, 0.717) is 6.61 Å². The topological polar surface area (TPSA) is 55.8 Å². The van der Waals surface area contributed by atoms with Crippen molar-refractivity contribution in [2.75, 3.05) is 6.61 Å². The first-order valence-electron chi connectivity index (χ1n) is 5.65. The van der Waals surface area contributed by atoms with Gasteiger partial charge in [-0.15, -0.1) is 0 Å². The van der Waals surface area contributed by atoms with Crippen LogP contribution in [0.4, 0.5) is 0 Å². The van der Waals surface area contributed by atoms with Crippen LogP contribution in [0, 0.1) is 5.41 Å². The zero-order valence-electron chi connectivity index (χ0n) is 10.7. The van der Waals surface area contributed by atoms with Crippen LogP contribution >= 0.6 is 0 Å². The van der Waals surface area contributed by atoms with Gasteiger partial charge in [-0.05, 0) is 13.8 Å². The number of hydrogen-bond acceptors (Lipinski definition) is 4. The fourth-order valence-corrected chi connectivity index (χ4v) is 1.53. The maximum atomic E-state index is 11.7. The van der Waals surface area contributed by atoms with Gasteiger partial charge in [0.05, 0.1) is 12.7 Å². The van der Waals surface area contributed by atoms with Crippen LogP contribution in [0.5, 0.6) is 0 Å². The Morgan fingerprint density at radius 3 is 2.44 bits per heavy atom. The van der Waals surface area contributed by atoms with Gasteiger partial charge in [0.1, 0.15) is 11.9 Å². The van der Waals surface area contributed by atoms with Crippen LogP contribution in [-0.2, 0) is 14.3 Å². The molecule has 0 saturated carbocycles. The molecule has 4 heteroatoms. The van der Waals surface area contributed by atoms with E-state index < -0.39 is 23.4 Å². The summed E-state index contributed by atoms with van der Waals surface area (Å²) in [5.74, 6) is -0.621. The van der Waals surface area contributed by atoms with E-state index >= 15 is 0 Å². The highest BCUT2D eigenvalue weighted by molar-refractivity contribution is 5.84. The summed E-state index contributed by atoms with van der Waals surface area (Å²) < 4.78 is 10.8. The third-order valence-corrected chi connectivity index (χ3v) is 2.69. The van der Waals surface area contributed by atoms with E-state index in [9.17, 15) is 9.90 Å². The molecule has 2 atom stereocenters. The molecule has 0 radical (unpaired) electrons. The Bertz CT molecular complexity index is 265. The van der Waals surface area contributed by atoms with Gasteiger partial charge < -0.3 is 14.6 Å². The molecule has 0 unspecified atom stereocenters. The van der Waals surface area contributed by atoms with Gasteiger partial charge in [0.2, 0.25) is 0 Å². The first-order valence-corrected chi connectivity index (χ1v) is 5.65. The van der Waals surface area contributed by atoms with Crippen molar-refractivity contribution in [3.05, 3.63) is 0 Å². The van der Waals surface area contributed by atoms with E-state index in [1.165, 1.54) is 0 Å². The molecule has 16 heavy (non-hydrogen) atoms. The van der Waals surface area contributed by atoms with Crippen molar-refractivity contribution in [2.24, 2.45) is 5.41 Å². The monoisotopic (exact) mass is 230 g/mol. The molecule has 0 aromatic carbocycles. The summed E-state index contributed by atoms with van der Waals surface area (Å²) in [6.07, 6.45) is -1.07. The quantitative estimate of drug-likeness (QED) is 0.798. The second kappa shape index (κ2) is 4.43. The van der Waals surface area contributed by atoms with Gasteiger partial charge in [0, 0.05) is 11.8 Å². The summed E-state index contributed by atoms with van der Waals surface area (Å²) in [5, 5.41) is 9.89. The van der Waals surface area contributed by atoms with Gasteiger partial charge in [-0.25, -0.2) is 0 Å². The molecule has 4 nitrogen and oxygen atoms in total. The minimum atomic E-state index is -0.784. The summed E-state index contributed by atoms with van der Waals surface area (Å²) in [7, 11) is 0. The van der Waals surface area contributed by atoms with E-state index in [4.69, 9.17) is 9.47 Å². The number of carbonyl (C=O) groups excluding carboxylic acids is 1. The molecule has 1 rings (SSSR count). The minimum Gasteiger partial charge on any atom is -0.390 e. The van der Waals surface area contributed by atoms with Gasteiger partial charge in [-0.1, -0.05) is 20.8 Å². The molecule has 1 heterocycles. The van der Waals surface area contributed by atoms with Crippen LogP contribution in [0.25, 0.3) is 0 Å². The fraction of sp³-hybridized carbons (Fsp3) is 0.917. The lowest BCUT2D eigenvalue weighted by atomic mass is 9.87. The van der Waals surface area contributed by atoms with Crippen LogP contribution in [0.15, 0.2) is 0 Å². The number of carbonyl (C=O) groups is 1. The van der Waals surface area contributed by atoms with Gasteiger partial charge in [0.15, 0.2) is 5.79 Å². The number of ketones is 1. The third kappa shape index (κ3) is 3.54. The molecule has 0 aromatic rings. The van der Waals surface area contributed by atoms with E-state index in [0.717, 1.165) is 0 Å². The number of rotatable bonds is 3. The number of aliphatic hydroxyl groups is 1. The van der Waals surface area contributed by atoms with Crippen LogP contribution < -0.4 is 0 Å². The molecule has 1 aliphatic heterocycles. The zero-order chi connectivity index (χ0) is 12.6. The highest BCUT2D eigenvalue weighted by Crippen LogP contribution is 2.27. The van der Waals surface area contributed by atoms with Crippen LogP contribution in [0.3, 0.4) is 0 Å². The summed E-state index contributed by atoms with van der Waals surface area (Å²) in [4.78, 5) is 11.7. The lowest BCUT2D eigenvalue weighted by molar-refractivity contribution is -0.154. The number of Topliss-reactive ketones (excluding diaryl/α,β-unsaturated/α-hetero) is 1. The van der Waals surface area contributed by atoms with Crippen molar-refractivity contribution in [1.29, 1.82) is 0 Å². The van der Waals surface area contributed by atoms with Crippen molar-refractivity contribution >= 4 is 5.78 Å². The smallest absolute Gasteiger partial charge is 0.163 e. The van der Waals surface area contributed by atoms with Gasteiger partial charge in [-0.2, -0.15) is 0 Å². The normalized spacial score (nSPS) is 26.8. The van der Waals surface area contributed by atoms with Crippen molar-refractivity contribution in [3.8, 4) is 0 Å². The second-order valence-corrected chi connectivity index (χ2v) is 5.81. The van der Waals surface area contributed by atoms with Crippen molar-refractivity contribution in [2.45, 2.75) is 59.0 Å². The number of hydrogen-bond donors (Lipinski definition) is 1. The molecular weight excluding hydrogens is 208 g/mol. The Balaban J connectivity index is 2.48. The van der Waals surface area contributed by atoms with E-state index in [1.807, 2.05) is 20.8 Å². The van der Waals surface area contributed by atoms with E-state index in [-0.39, 0.29) is 12.2 Å². The first-order chi connectivity index (χ1) is 7.12. The SMILES string of the molecule is CC1(C)OC[C@H]([C@@H](O)CC(=O)C(C)(C)C)O1. The van der Waals surface area contributed by atoms with Crippen LogP contribution in [0.2, 0.25) is 0 Å². The summed E-state index contributed by atoms with van der Waals surface area (Å²) >= 11 is 0. The highest BCUT2D eigenvalue weighted by atomic mass is 16.7. The Morgan fingerprint density at radius 2 is 2.06 bits per heavy atom. The van der Waals surface area contributed by atoms with Crippen molar-refractivity contribution in [3.63, 3.8) is 0 Å². The maximum absolute atomic E-state index is 11.7. The van der Waals surface area contributed by atoms with Gasteiger partial charge in [0.25, 0.3) is 0 Å². The van der Waals surface area contributed by atoms with Crippen molar-refractivity contribution in [1.82, 2.24) is 0 Å². The Labute approximate surface area is 96.9 Å². The average molecular weight is 230 g/mol. The standard InChI is InChI=1S/C12H22O4/c1-11(2,3)10(14)6-8(13)9-7-15-12(4,5)16-9/h8-9,13H,6-7H2,1-5H3/t8-,9+/m0/s1. The molecule has 1 fully saturated rings. The summed E-state index contributed by atoms with van der Waals surface area (Å²) in [6, 6.07) is 0. The minimum absolute atomic E-state index is 0.0355. The first kappa shape index (κ1) is 13.6. The lowest BCUT2D eigenvalue weighted by Crippen LogP contribution is -2.35. The van der Waals surface area contributed by atoms with Crippen LogP contribution in [-0.4, -0.2) is 35.5 Å². The zero-order valence-corrected chi connectivity index (χ0v) is 10.7. The Kier molecular flexibility index (Phi) is 3.77. The fourth-order valence-electron chi connectivity index (χ4n) is 1.53. The summed E-state index contributed by atoms with van der Waals surface area (Å²) in [5.41, 5.74) is -0.421. The van der Waals surface area contributed by atoms with Gasteiger partial charge in [-0.3, -0.25) is 4.79 Å². The van der Waals surface area contributed by atoms with E-state index in [2.05, 4.69) is 0 Å². The lowest BCUT2D eigenvalue weighted by Gasteiger charge is -2.23. The summed E-state index contributed by atoms with van der Waals surface area (Å²) in [6.45, 7) is 9.47. The molecule has 0 aliphatic carbocycles. The molecule has 94 valence electrons. The maximum Gasteiger partial charge on any atom is 0.163 e. The highest BCUT2D eigenvalue weighted by Gasteiger charge is 2.38. The largest absolute Gasteiger partial charge is 0.390 e. The molecule has 1 N–H and O–H groups in total. The van der Waals surface area contributed by atoms with E-state index in [1.54, 1.807) is 13.8 Å². The molecule has 0 spiro atoms. The Morgan fingerprint density at radius 1 is 1.50 bits per heavy atom. The van der Waals surface area contributed by atoms with Crippen molar-refractivity contribution < 1.29 is 19.4 Å². The molecule has 0 amide bonds. The molecule has 0 aromatic heterocycles. The average Bonchev–Trinajstić information content (AvgIpc) is 2.44. The Hall–Kier alpha value is -0.450. The number of ether oxygens (including phenoxy) is 2. The molecule has 1 aliphatic rings. The number of aliphatic hydroxyl groups excluding tert-OH is 1.